The van der Waals surface area contributed by atoms with Crippen molar-refractivity contribution in [2.75, 3.05) is 19.8 Å². The summed E-state index contributed by atoms with van der Waals surface area (Å²) < 4.78 is 11.2. The van der Waals surface area contributed by atoms with Gasteiger partial charge in [-0.25, -0.2) is 0 Å². The lowest BCUT2D eigenvalue weighted by Gasteiger charge is -2.28. The number of carbonyl (C=O) groups excluding carboxylic acids is 1. The minimum Gasteiger partial charge on any atom is -0.508 e. The van der Waals surface area contributed by atoms with Gasteiger partial charge in [0.1, 0.15) is 11.9 Å². The molecule has 0 bridgehead atoms. The molecule has 3 rings (SSSR count). The molecule has 0 aromatic heterocycles. The van der Waals surface area contributed by atoms with Crippen molar-refractivity contribution in [1.82, 2.24) is 4.90 Å². The third-order valence-corrected chi connectivity index (χ3v) is 4.32. The Morgan fingerprint density at radius 2 is 1.95 bits per heavy atom. The number of hydrogen-bond donors (Lipinski definition) is 1. The van der Waals surface area contributed by atoms with E-state index in [0.29, 0.717) is 19.7 Å². The number of hydrogen-bond acceptors (Lipinski definition) is 4. The van der Waals surface area contributed by atoms with Crippen molar-refractivity contribution < 1.29 is 19.4 Å². The topological polar surface area (TPSA) is 59.0 Å². The molecule has 0 saturated carbocycles. The molecule has 2 aliphatic rings. The Morgan fingerprint density at radius 3 is 2.64 bits per heavy atom. The van der Waals surface area contributed by atoms with E-state index in [9.17, 15) is 9.90 Å². The lowest BCUT2D eigenvalue weighted by Crippen LogP contribution is -2.42. The molecular formula is C17H23NO4. The number of ether oxygens (including phenoxy) is 2. The maximum Gasteiger partial charge on any atom is 0.252 e. The highest BCUT2D eigenvalue weighted by Gasteiger charge is 2.31. The number of benzene rings is 1. The van der Waals surface area contributed by atoms with E-state index in [1.54, 1.807) is 17.0 Å². The molecule has 1 aromatic rings. The Bertz CT molecular complexity index is 507. The molecule has 2 saturated heterocycles. The number of amides is 1. The zero-order valence-corrected chi connectivity index (χ0v) is 12.7. The SMILES string of the molecule is O=C(C1CCCO1)N(Cc1ccccc1O)CC1CCCO1. The van der Waals surface area contributed by atoms with Crippen molar-refractivity contribution >= 4 is 5.91 Å². The summed E-state index contributed by atoms with van der Waals surface area (Å²) in [5.41, 5.74) is 0.756. The van der Waals surface area contributed by atoms with E-state index >= 15 is 0 Å². The minimum absolute atomic E-state index is 0.0104. The number of aromatic hydroxyl groups is 1. The predicted molar refractivity (Wildman–Crippen MR) is 81.5 cm³/mol. The Hall–Kier alpha value is -1.59. The summed E-state index contributed by atoms with van der Waals surface area (Å²) in [4.78, 5) is 14.5. The largest absolute Gasteiger partial charge is 0.508 e. The van der Waals surface area contributed by atoms with Crippen LogP contribution in [-0.2, 0) is 20.8 Å². The molecule has 22 heavy (non-hydrogen) atoms. The van der Waals surface area contributed by atoms with Crippen LogP contribution in [0.3, 0.4) is 0 Å². The van der Waals surface area contributed by atoms with Crippen LogP contribution in [0, 0.1) is 0 Å². The molecule has 1 N–H and O–H groups in total. The van der Waals surface area contributed by atoms with E-state index < -0.39 is 0 Å². The zero-order chi connectivity index (χ0) is 15.4. The van der Waals surface area contributed by atoms with E-state index in [4.69, 9.17) is 9.47 Å². The van der Waals surface area contributed by atoms with Crippen LogP contribution < -0.4 is 0 Å². The van der Waals surface area contributed by atoms with Gasteiger partial charge in [-0.2, -0.15) is 0 Å². The van der Waals surface area contributed by atoms with Crippen molar-refractivity contribution in [2.24, 2.45) is 0 Å². The quantitative estimate of drug-likeness (QED) is 0.905. The Balaban J connectivity index is 1.72. The van der Waals surface area contributed by atoms with Gasteiger partial charge >= 0.3 is 0 Å². The van der Waals surface area contributed by atoms with Crippen LogP contribution >= 0.6 is 0 Å². The van der Waals surface area contributed by atoms with Crippen LogP contribution in [0.5, 0.6) is 5.75 Å². The second-order valence-corrected chi connectivity index (χ2v) is 5.98. The van der Waals surface area contributed by atoms with Gasteiger partial charge in [-0.3, -0.25) is 4.79 Å². The maximum atomic E-state index is 12.7. The first-order valence-corrected chi connectivity index (χ1v) is 8.03. The molecule has 0 spiro atoms. The van der Waals surface area contributed by atoms with Gasteiger partial charge in [0.25, 0.3) is 5.91 Å². The van der Waals surface area contributed by atoms with E-state index in [2.05, 4.69) is 0 Å². The fourth-order valence-corrected chi connectivity index (χ4v) is 3.09. The van der Waals surface area contributed by atoms with E-state index in [1.807, 2.05) is 12.1 Å². The molecule has 0 radical (unpaired) electrons. The highest BCUT2D eigenvalue weighted by Crippen LogP contribution is 2.23. The summed E-state index contributed by atoms with van der Waals surface area (Å²) in [7, 11) is 0. The smallest absolute Gasteiger partial charge is 0.252 e. The Kier molecular flexibility index (Phi) is 4.95. The number of carbonyl (C=O) groups is 1. The van der Waals surface area contributed by atoms with E-state index in [0.717, 1.165) is 37.9 Å². The van der Waals surface area contributed by atoms with Crippen molar-refractivity contribution in [3.05, 3.63) is 29.8 Å². The number of phenols is 1. The van der Waals surface area contributed by atoms with Crippen LogP contribution in [0.4, 0.5) is 0 Å². The van der Waals surface area contributed by atoms with Crippen molar-refractivity contribution in [3.8, 4) is 5.75 Å². The molecule has 2 fully saturated rings. The maximum absolute atomic E-state index is 12.7. The molecule has 1 amide bonds. The standard InChI is InChI=1S/C17H23NO4/c19-15-7-2-1-5-13(15)11-18(12-14-6-3-9-21-14)17(20)16-8-4-10-22-16/h1-2,5,7,14,16,19H,3-4,6,8-12H2. The van der Waals surface area contributed by atoms with Crippen LogP contribution in [-0.4, -0.2) is 47.9 Å². The highest BCUT2D eigenvalue weighted by atomic mass is 16.5. The number of phenolic OH excluding ortho intramolecular Hbond substituents is 1. The highest BCUT2D eigenvalue weighted by molar-refractivity contribution is 5.81. The average molecular weight is 305 g/mol. The van der Waals surface area contributed by atoms with Gasteiger partial charge in [-0.05, 0) is 31.7 Å². The second-order valence-electron chi connectivity index (χ2n) is 5.98. The lowest BCUT2D eigenvalue weighted by molar-refractivity contribution is -0.143. The lowest BCUT2D eigenvalue weighted by atomic mass is 10.1. The molecule has 2 heterocycles. The number of rotatable bonds is 5. The molecule has 5 heteroatoms. The van der Waals surface area contributed by atoms with Crippen LogP contribution in [0.25, 0.3) is 0 Å². The van der Waals surface area contributed by atoms with Crippen molar-refractivity contribution in [2.45, 2.75) is 44.4 Å². The van der Waals surface area contributed by atoms with Gasteiger partial charge in [0.05, 0.1) is 6.10 Å². The molecule has 120 valence electrons. The molecular weight excluding hydrogens is 282 g/mol. The van der Waals surface area contributed by atoms with Crippen molar-refractivity contribution in [3.63, 3.8) is 0 Å². The monoisotopic (exact) mass is 305 g/mol. The molecule has 2 aliphatic heterocycles. The number of para-hydroxylation sites is 1. The molecule has 5 nitrogen and oxygen atoms in total. The van der Waals surface area contributed by atoms with Gasteiger partial charge in [0.2, 0.25) is 0 Å². The van der Waals surface area contributed by atoms with Crippen LogP contribution in [0.1, 0.15) is 31.2 Å². The summed E-state index contributed by atoms with van der Waals surface area (Å²) in [6, 6.07) is 7.15. The van der Waals surface area contributed by atoms with Gasteiger partial charge in [0.15, 0.2) is 0 Å². The van der Waals surface area contributed by atoms with E-state index in [-0.39, 0.29) is 23.9 Å². The van der Waals surface area contributed by atoms with Gasteiger partial charge in [-0.15, -0.1) is 0 Å². The summed E-state index contributed by atoms with van der Waals surface area (Å²) in [6.07, 6.45) is 3.49. The molecule has 1 aromatic carbocycles. The third kappa shape index (κ3) is 3.59. The van der Waals surface area contributed by atoms with Gasteiger partial charge in [0, 0.05) is 31.9 Å². The van der Waals surface area contributed by atoms with Gasteiger partial charge < -0.3 is 19.5 Å². The third-order valence-electron chi connectivity index (χ3n) is 4.32. The fourth-order valence-electron chi connectivity index (χ4n) is 3.09. The zero-order valence-electron chi connectivity index (χ0n) is 12.7. The summed E-state index contributed by atoms with van der Waals surface area (Å²) in [5, 5.41) is 9.97. The van der Waals surface area contributed by atoms with Crippen LogP contribution in [0.2, 0.25) is 0 Å². The van der Waals surface area contributed by atoms with E-state index in [1.165, 1.54) is 0 Å². The molecule has 2 atom stereocenters. The Morgan fingerprint density at radius 1 is 1.18 bits per heavy atom. The predicted octanol–water partition coefficient (Wildman–Crippen LogP) is 2.08. The van der Waals surface area contributed by atoms with Gasteiger partial charge in [-0.1, -0.05) is 18.2 Å². The first-order chi connectivity index (χ1) is 10.7. The van der Waals surface area contributed by atoms with Crippen molar-refractivity contribution in [1.29, 1.82) is 0 Å². The molecule has 2 unspecified atom stereocenters. The minimum atomic E-state index is -0.341. The summed E-state index contributed by atoms with van der Waals surface area (Å²) >= 11 is 0. The fraction of sp³-hybridized carbons (Fsp3) is 0.588. The first kappa shape index (κ1) is 15.3. The summed E-state index contributed by atoms with van der Waals surface area (Å²) in [6.45, 7) is 2.38. The van der Waals surface area contributed by atoms with Crippen LogP contribution in [0.15, 0.2) is 24.3 Å². The Labute approximate surface area is 130 Å². The molecule has 0 aliphatic carbocycles. The first-order valence-electron chi connectivity index (χ1n) is 8.03. The number of nitrogens with zero attached hydrogens (tertiary/aromatic N) is 1. The average Bonchev–Trinajstić information content (AvgIpc) is 3.21. The summed E-state index contributed by atoms with van der Waals surface area (Å²) in [5.74, 6) is 0.233. The normalized spacial score (nSPS) is 24.5. The second kappa shape index (κ2) is 7.11.